The number of hydrogen-bond donors (Lipinski definition) is 2. The number of rotatable bonds is 10. The molecule has 6 nitrogen and oxygen atoms in total. The fourth-order valence-electron chi connectivity index (χ4n) is 3.28. The summed E-state index contributed by atoms with van der Waals surface area (Å²) in [5, 5.41) is 6.75. The second-order valence-electron chi connectivity index (χ2n) is 8.10. The van der Waals surface area contributed by atoms with Crippen molar-refractivity contribution in [2.75, 3.05) is 47.8 Å². The number of nitrogens with zero attached hydrogens (tertiary/aromatic N) is 3. The van der Waals surface area contributed by atoms with E-state index < -0.39 is 0 Å². The summed E-state index contributed by atoms with van der Waals surface area (Å²) in [5.41, 5.74) is 3.17. The standard InChI is InChI=1S/C25H37N5O.HI/c1-6-26-25(28-19-23(29(2)3)18-20-11-8-7-9-12-20)27-16-15-21-13-10-14-22(17-21)24(31)30(4)5;/h7-14,17,23H,6,15-16,18-19H2,1-5H3,(H2,26,27,28);1H. The first-order chi connectivity index (χ1) is 14.9. The van der Waals surface area contributed by atoms with Gasteiger partial charge >= 0.3 is 0 Å². The minimum Gasteiger partial charge on any atom is -0.357 e. The minimum absolute atomic E-state index is 0. The maximum Gasteiger partial charge on any atom is 0.253 e. The van der Waals surface area contributed by atoms with Gasteiger partial charge in [0.05, 0.1) is 6.54 Å². The van der Waals surface area contributed by atoms with Gasteiger partial charge in [0.25, 0.3) is 5.91 Å². The Kier molecular flexibility index (Phi) is 12.9. The molecule has 0 saturated heterocycles. The van der Waals surface area contributed by atoms with Gasteiger partial charge in [0.15, 0.2) is 5.96 Å². The van der Waals surface area contributed by atoms with Crippen LogP contribution in [0.25, 0.3) is 0 Å². The van der Waals surface area contributed by atoms with Gasteiger partial charge in [-0.1, -0.05) is 42.5 Å². The third kappa shape index (κ3) is 9.56. The number of halogens is 1. The Hall–Kier alpha value is -2.13. The van der Waals surface area contributed by atoms with Crippen LogP contribution >= 0.6 is 24.0 Å². The first-order valence-electron chi connectivity index (χ1n) is 10.9. The van der Waals surface area contributed by atoms with E-state index in [-0.39, 0.29) is 29.9 Å². The summed E-state index contributed by atoms with van der Waals surface area (Å²) < 4.78 is 0. The highest BCUT2D eigenvalue weighted by Crippen LogP contribution is 2.09. The number of carbonyl (C=O) groups is 1. The van der Waals surface area contributed by atoms with Crippen molar-refractivity contribution >= 4 is 35.8 Å². The number of carbonyl (C=O) groups excluding carboxylic acids is 1. The third-order valence-electron chi connectivity index (χ3n) is 5.14. The fourth-order valence-corrected chi connectivity index (χ4v) is 3.28. The lowest BCUT2D eigenvalue weighted by Crippen LogP contribution is -2.40. The molecule has 0 aliphatic rings. The third-order valence-corrected chi connectivity index (χ3v) is 5.14. The summed E-state index contributed by atoms with van der Waals surface area (Å²) >= 11 is 0. The Morgan fingerprint density at radius 2 is 1.66 bits per heavy atom. The lowest BCUT2D eigenvalue weighted by Gasteiger charge is -2.23. The normalized spacial score (nSPS) is 12.1. The van der Waals surface area contributed by atoms with E-state index in [2.05, 4.69) is 66.9 Å². The molecule has 0 spiro atoms. The molecule has 0 radical (unpaired) electrons. The number of guanidine groups is 1. The molecule has 2 rings (SSSR count). The summed E-state index contributed by atoms with van der Waals surface area (Å²) in [4.78, 5) is 20.8. The van der Waals surface area contributed by atoms with Gasteiger partial charge in [0.1, 0.15) is 0 Å². The Bertz CT molecular complexity index is 839. The highest BCUT2D eigenvalue weighted by atomic mass is 127. The molecule has 2 N–H and O–H groups in total. The summed E-state index contributed by atoms with van der Waals surface area (Å²) in [5.74, 6) is 0.848. The first-order valence-corrected chi connectivity index (χ1v) is 10.9. The Balaban J connectivity index is 0.00000512. The topological polar surface area (TPSA) is 60.0 Å². The van der Waals surface area contributed by atoms with Crippen LogP contribution in [0.15, 0.2) is 59.6 Å². The molecule has 0 aromatic heterocycles. The van der Waals surface area contributed by atoms with E-state index >= 15 is 0 Å². The molecule has 1 amide bonds. The molecule has 0 aliphatic heterocycles. The second kappa shape index (κ2) is 14.8. The van der Waals surface area contributed by atoms with E-state index in [1.54, 1.807) is 19.0 Å². The molecule has 2 aromatic rings. The van der Waals surface area contributed by atoms with Gasteiger partial charge < -0.3 is 20.4 Å². The maximum absolute atomic E-state index is 12.2. The van der Waals surface area contributed by atoms with Crippen molar-refractivity contribution in [2.24, 2.45) is 4.99 Å². The summed E-state index contributed by atoms with van der Waals surface area (Å²) in [6, 6.07) is 18.7. The molecule has 7 heteroatoms. The highest BCUT2D eigenvalue weighted by Gasteiger charge is 2.12. The molecule has 2 aromatic carbocycles. The molecular formula is C25H38IN5O. The average Bonchev–Trinajstić information content (AvgIpc) is 2.76. The fraction of sp³-hybridized carbons (Fsp3) is 0.440. The molecule has 0 saturated carbocycles. The van der Waals surface area contributed by atoms with Crippen molar-refractivity contribution in [1.29, 1.82) is 0 Å². The average molecular weight is 552 g/mol. The number of amides is 1. The zero-order chi connectivity index (χ0) is 22.6. The zero-order valence-corrected chi connectivity index (χ0v) is 22.3. The molecule has 32 heavy (non-hydrogen) atoms. The highest BCUT2D eigenvalue weighted by molar-refractivity contribution is 14.0. The van der Waals surface area contributed by atoms with Crippen LogP contribution in [0.4, 0.5) is 0 Å². The lowest BCUT2D eigenvalue weighted by molar-refractivity contribution is 0.0827. The van der Waals surface area contributed by atoms with Crippen LogP contribution in [-0.4, -0.2) is 75.5 Å². The Morgan fingerprint density at radius 1 is 0.969 bits per heavy atom. The largest absolute Gasteiger partial charge is 0.357 e. The van der Waals surface area contributed by atoms with Crippen molar-refractivity contribution in [1.82, 2.24) is 20.4 Å². The first kappa shape index (κ1) is 27.9. The predicted molar refractivity (Wildman–Crippen MR) is 145 cm³/mol. The molecular weight excluding hydrogens is 513 g/mol. The quantitative estimate of drug-likeness (QED) is 0.271. The van der Waals surface area contributed by atoms with Crippen LogP contribution in [0, 0.1) is 0 Å². The SMILES string of the molecule is CCNC(=NCC(Cc1ccccc1)N(C)C)NCCc1cccc(C(=O)N(C)C)c1.I. The number of hydrogen-bond acceptors (Lipinski definition) is 3. The second-order valence-corrected chi connectivity index (χ2v) is 8.10. The van der Waals surface area contributed by atoms with Gasteiger partial charge in [-0.05, 0) is 57.1 Å². The van der Waals surface area contributed by atoms with Crippen LogP contribution in [0.1, 0.15) is 28.4 Å². The molecule has 0 aliphatic carbocycles. The molecule has 0 heterocycles. The van der Waals surface area contributed by atoms with E-state index in [0.29, 0.717) is 12.6 Å². The van der Waals surface area contributed by atoms with Gasteiger partial charge in [-0.2, -0.15) is 0 Å². The van der Waals surface area contributed by atoms with Crippen LogP contribution in [0.2, 0.25) is 0 Å². The zero-order valence-electron chi connectivity index (χ0n) is 20.0. The molecule has 1 unspecified atom stereocenters. The predicted octanol–water partition coefficient (Wildman–Crippen LogP) is 3.28. The minimum atomic E-state index is 0. The van der Waals surface area contributed by atoms with Gasteiger partial charge in [0, 0.05) is 38.8 Å². The van der Waals surface area contributed by atoms with Crippen LogP contribution in [-0.2, 0) is 12.8 Å². The summed E-state index contributed by atoms with van der Waals surface area (Å²) in [7, 11) is 7.75. The summed E-state index contributed by atoms with van der Waals surface area (Å²) in [6.45, 7) is 4.34. The number of aliphatic imine (C=N–C) groups is 1. The van der Waals surface area contributed by atoms with Gasteiger partial charge in [-0.15, -0.1) is 24.0 Å². The number of benzene rings is 2. The maximum atomic E-state index is 12.2. The Morgan fingerprint density at radius 3 is 2.28 bits per heavy atom. The van der Waals surface area contributed by atoms with E-state index in [4.69, 9.17) is 4.99 Å². The molecule has 176 valence electrons. The van der Waals surface area contributed by atoms with Gasteiger partial charge in [-0.3, -0.25) is 9.79 Å². The molecule has 1 atom stereocenters. The van der Waals surface area contributed by atoms with Gasteiger partial charge in [-0.25, -0.2) is 0 Å². The lowest BCUT2D eigenvalue weighted by atomic mass is 10.1. The van der Waals surface area contributed by atoms with Crippen LogP contribution in [0.3, 0.4) is 0 Å². The van der Waals surface area contributed by atoms with Crippen LogP contribution in [0.5, 0.6) is 0 Å². The van der Waals surface area contributed by atoms with Crippen molar-refractivity contribution in [3.05, 3.63) is 71.3 Å². The van der Waals surface area contributed by atoms with Crippen molar-refractivity contribution in [3.63, 3.8) is 0 Å². The number of likely N-dealkylation sites (N-methyl/N-ethyl adjacent to an activating group) is 1. The smallest absolute Gasteiger partial charge is 0.253 e. The number of nitrogens with one attached hydrogen (secondary N) is 2. The van der Waals surface area contributed by atoms with Crippen molar-refractivity contribution < 1.29 is 4.79 Å². The van der Waals surface area contributed by atoms with E-state index in [1.807, 2.05) is 24.3 Å². The van der Waals surface area contributed by atoms with Gasteiger partial charge in [0.2, 0.25) is 0 Å². The Labute approximate surface area is 210 Å². The molecule has 0 bridgehead atoms. The van der Waals surface area contributed by atoms with Crippen molar-refractivity contribution in [3.8, 4) is 0 Å². The van der Waals surface area contributed by atoms with E-state index in [9.17, 15) is 4.79 Å². The van der Waals surface area contributed by atoms with E-state index in [1.165, 1.54) is 5.56 Å². The van der Waals surface area contributed by atoms with E-state index in [0.717, 1.165) is 43.0 Å². The molecule has 0 fully saturated rings. The van der Waals surface area contributed by atoms with Crippen LogP contribution < -0.4 is 10.6 Å². The van der Waals surface area contributed by atoms with Crippen molar-refractivity contribution in [2.45, 2.75) is 25.8 Å². The monoisotopic (exact) mass is 551 g/mol. The summed E-state index contributed by atoms with van der Waals surface area (Å²) in [6.07, 6.45) is 1.78.